The van der Waals surface area contributed by atoms with Crippen molar-refractivity contribution in [1.29, 1.82) is 0 Å². The van der Waals surface area contributed by atoms with E-state index in [0.717, 1.165) is 65.6 Å². The Balaban J connectivity index is 1.55. The first-order chi connectivity index (χ1) is 16.1. The van der Waals surface area contributed by atoms with E-state index < -0.39 is 0 Å². The van der Waals surface area contributed by atoms with Gasteiger partial charge in [-0.15, -0.1) is 0 Å². The lowest BCUT2D eigenvalue weighted by Crippen LogP contribution is -2.27. The number of aromatic amines is 1. The van der Waals surface area contributed by atoms with Crippen LogP contribution in [0.5, 0.6) is 11.8 Å². The van der Waals surface area contributed by atoms with Gasteiger partial charge in [-0.2, -0.15) is 4.98 Å². The van der Waals surface area contributed by atoms with Gasteiger partial charge in [-0.3, -0.25) is 0 Å². The van der Waals surface area contributed by atoms with E-state index in [2.05, 4.69) is 15.3 Å². The molecule has 0 amide bonds. The van der Waals surface area contributed by atoms with E-state index in [1.807, 2.05) is 38.1 Å². The molecule has 0 aliphatic carbocycles. The Morgan fingerprint density at radius 3 is 2.39 bits per heavy atom. The number of benzene rings is 2. The van der Waals surface area contributed by atoms with E-state index >= 15 is 0 Å². The highest BCUT2D eigenvalue weighted by Gasteiger charge is 2.23. The summed E-state index contributed by atoms with van der Waals surface area (Å²) >= 11 is 0. The number of H-pyrrole nitrogens is 1. The average molecular weight is 444 g/mol. The number of imidazole rings is 1. The van der Waals surface area contributed by atoms with Gasteiger partial charge in [0.25, 0.3) is 0 Å². The van der Waals surface area contributed by atoms with Crippen LogP contribution in [0.15, 0.2) is 54.7 Å². The Hall–Kier alpha value is -3.58. The SMILES string of the molecule is Cc1cccc(C)c1Oc1nccc(-c2[nH]c(C3CCNCC3)nc2-c2ccc(F)cc2)n1. The van der Waals surface area contributed by atoms with Gasteiger partial charge < -0.3 is 15.0 Å². The second-order valence-corrected chi connectivity index (χ2v) is 8.42. The van der Waals surface area contributed by atoms with E-state index in [9.17, 15) is 4.39 Å². The van der Waals surface area contributed by atoms with Crippen molar-refractivity contribution in [1.82, 2.24) is 25.3 Å². The Morgan fingerprint density at radius 1 is 0.939 bits per heavy atom. The summed E-state index contributed by atoms with van der Waals surface area (Å²) in [6.07, 6.45) is 3.71. The molecule has 1 aliphatic heterocycles. The van der Waals surface area contributed by atoms with Crippen LogP contribution in [-0.2, 0) is 0 Å². The van der Waals surface area contributed by atoms with Crippen molar-refractivity contribution in [3.63, 3.8) is 0 Å². The summed E-state index contributed by atoms with van der Waals surface area (Å²) in [5.74, 6) is 1.75. The van der Waals surface area contributed by atoms with Crippen molar-refractivity contribution in [2.24, 2.45) is 0 Å². The molecule has 0 saturated carbocycles. The van der Waals surface area contributed by atoms with Gasteiger partial charge in [0.1, 0.15) is 17.4 Å². The number of nitrogens with one attached hydrogen (secondary N) is 2. The molecule has 5 rings (SSSR count). The van der Waals surface area contributed by atoms with Crippen molar-refractivity contribution in [2.45, 2.75) is 32.6 Å². The predicted octanol–water partition coefficient (Wildman–Crippen LogP) is 5.55. The zero-order valence-electron chi connectivity index (χ0n) is 18.7. The number of hydrogen-bond acceptors (Lipinski definition) is 5. The number of para-hydroxylation sites is 1. The molecule has 2 aromatic heterocycles. The topological polar surface area (TPSA) is 75.7 Å². The number of aromatic nitrogens is 4. The molecule has 7 heteroatoms. The number of nitrogens with zero attached hydrogens (tertiary/aromatic N) is 3. The van der Waals surface area contributed by atoms with Crippen molar-refractivity contribution < 1.29 is 9.13 Å². The third-order valence-electron chi connectivity index (χ3n) is 6.06. The lowest BCUT2D eigenvalue weighted by atomic mass is 9.98. The molecule has 0 radical (unpaired) electrons. The van der Waals surface area contributed by atoms with Gasteiger partial charge in [-0.1, -0.05) is 18.2 Å². The van der Waals surface area contributed by atoms with Gasteiger partial charge in [-0.25, -0.2) is 14.4 Å². The highest BCUT2D eigenvalue weighted by molar-refractivity contribution is 5.76. The molecule has 4 aromatic rings. The van der Waals surface area contributed by atoms with Crippen LogP contribution in [0.3, 0.4) is 0 Å². The van der Waals surface area contributed by atoms with E-state index in [1.54, 1.807) is 18.3 Å². The molecule has 6 nitrogen and oxygen atoms in total. The molecule has 0 bridgehead atoms. The third-order valence-corrected chi connectivity index (χ3v) is 6.06. The predicted molar refractivity (Wildman–Crippen MR) is 126 cm³/mol. The van der Waals surface area contributed by atoms with Crippen LogP contribution < -0.4 is 10.1 Å². The van der Waals surface area contributed by atoms with E-state index in [0.29, 0.717) is 11.6 Å². The molecule has 2 aromatic carbocycles. The maximum Gasteiger partial charge on any atom is 0.322 e. The number of rotatable bonds is 5. The second-order valence-electron chi connectivity index (χ2n) is 8.42. The quantitative estimate of drug-likeness (QED) is 0.423. The van der Waals surface area contributed by atoms with E-state index in [4.69, 9.17) is 14.7 Å². The lowest BCUT2D eigenvalue weighted by molar-refractivity contribution is 0.436. The molecule has 1 fully saturated rings. The van der Waals surface area contributed by atoms with Crippen molar-refractivity contribution >= 4 is 0 Å². The van der Waals surface area contributed by atoms with Gasteiger partial charge in [-0.05, 0) is 81.2 Å². The normalized spacial score (nSPS) is 14.4. The third kappa shape index (κ3) is 4.50. The molecule has 3 heterocycles. The minimum absolute atomic E-state index is 0.271. The van der Waals surface area contributed by atoms with Crippen molar-refractivity contribution in [2.75, 3.05) is 13.1 Å². The van der Waals surface area contributed by atoms with Gasteiger partial charge in [0.2, 0.25) is 0 Å². The summed E-state index contributed by atoms with van der Waals surface area (Å²) in [7, 11) is 0. The zero-order chi connectivity index (χ0) is 22.8. The molecule has 0 atom stereocenters. The van der Waals surface area contributed by atoms with Crippen LogP contribution in [0.25, 0.3) is 22.6 Å². The number of piperidine rings is 1. The molecule has 0 spiro atoms. The van der Waals surface area contributed by atoms with E-state index in [-0.39, 0.29) is 11.8 Å². The number of halogens is 1. The molecule has 168 valence electrons. The Morgan fingerprint density at radius 2 is 1.67 bits per heavy atom. The highest BCUT2D eigenvalue weighted by Crippen LogP contribution is 2.34. The first-order valence-electron chi connectivity index (χ1n) is 11.2. The minimum atomic E-state index is -0.277. The summed E-state index contributed by atoms with van der Waals surface area (Å²) in [5.41, 5.74) is 5.08. The first-order valence-corrected chi connectivity index (χ1v) is 11.2. The Bertz CT molecular complexity index is 1240. The standard InChI is InChI=1S/C26H26FN5O/c1-16-4-3-5-17(2)24(16)33-26-29-15-12-21(30-26)23-22(18-6-8-20(27)9-7-18)31-25(32-23)19-10-13-28-14-11-19/h3-9,12,15,19,28H,10-11,13-14H2,1-2H3,(H,31,32). The largest absolute Gasteiger partial charge is 0.424 e. The van der Waals surface area contributed by atoms with Crippen LogP contribution in [0.4, 0.5) is 4.39 Å². The van der Waals surface area contributed by atoms with E-state index in [1.165, 1.54) is 12.1 Å². The maximum atomic E-state index is 13.6. The maximum absolute atomic E-state index is 13.6. The number of ether oxygens (including phenoxy) is 1. The molecular formula is C26H26FN5O. The van der Waals surface area contributed by atoms with Gasteiger partial charge in [0, 0.05) is 17.7 Å². The Labute approximate surface area is 192 Å². The molecule has 1 aliphatic rings. The summed E-state index contributed by atoms with van der Waals surface area (Å²) in [4.78, 5) is 17.5. The average Bonchev–Trinajstić information content (AvgIpc) is 3.28. The van der Waals surface area contributed by atoms with Gasteiger partial charge in [0.05, 0.1) is 17.1 Å². The Kier molecular flexibility index (Phi) is 5.88. The molecular weight excluding hydrogens is 417 g/mol. The summed E-state index contributed by atoms with van der Waals surface area (Å²) < 4.78 is 19.6. The van der Waals surface area contributed by atoms with Crippen LogP contribution >= 0.6 is 0 Å². The monoisotopic (exact) mass is 443 g/mol. The summed E-state index contributed by atoms with van der Waals surface area (Å²) in [6.45, 7) is 5.93. The van der Waals surface area contributed by atoms with Gasteiger partial charge >= 0.3 is 6.01 Å². The molecule has 33 heavy (non-hydrogen) atoms. The molecule has 0 unspecified atom stereocenters. The van der Waals surface area contributed by atoms with Crippen LogP contribution in [-0.4, -0.2) is 33.0 Å². The summed E-state index contributed by atoms with van der Waals surface area (Å²) in [5, 5.41) is 3.39. The number of hydrogen-bond donors (Lipinski definition) is 2. The number of aryl methyl sites for hydroxylation is 2. The molecule has 2 N–H and O–H groups in total. The van der Waals surface area contributed by atoms with Crippen LogP contribution in [0.1, 0.15) is 35.7 Å². The fraction of sp³-hybridized carbons (Fsp3) is 0.269. The highest BCUT2D eigenvalue weighted by atomic mass is 19.1. The first kappa shape index (κ1) is 21.3. The molecule has 1 saturated heterocycles. The van der Waals surface area contributed by atoms with Gasteiger partial charge in [0.15, 0.2) is 0 Å². The van der Waals surface area contributed by atoms with Crippen molar-refractivity contribution in [3.05, 3.63) is 77.5 Å². The fourth-order valence-electron chi connectivity index (χ4n) is 4.26. The van der Waals surface area contributed by atoms with Crippen molar-refractivity contribution in [3.8, 4) is 34.4 Å². The lowest BCUT2D eigenvalue weighted by Gasteiger charge is -2.20. The zero-order valence-corrected chi connectivity index (χ0v) is 18.7. The van der Waals surface area contributed by atoms with Crippen LogP contribution in [0, 0.1) is 19.7 Å². The fourth-order valence-corrected chi connectivity index (χ4v) is 4.26. The summed E-state index contributed by atoms with van der Waals surface area (Å²) in [6, 6.07) is 14.5. The smallest absolute Gasteiger partial charge is 0.322 e. The second kappa shape index (κ2) is 9.11. The minimum Gasteiger partial charge on any atom is -0.424 e. The van der Waals surface area contributed by atoms with Crippen LogP contribution in [0.2, 0.25) is 0 Å².